The number of benzene rings is 2. The molecule has 228 valence electrons. The number of hydrogen-bond acceptors (Lipinski definition) is 6. The normalized spacial score (nSPS) is 11.7. The summed E-state index contributed by atoms with van der Waals surface area (Å²) >= 11 is 1.76. The number of aromatic nitrogens is 4. The minimum atomic E-state index is -1.95. The zero-order valence-electron chi connectivity index (χ0n) is 23.8. The number of aryl methyl sites for hydroxylation is 2. The SMILES string of the molecule is CCCCCCCCc1nnc(-c2c(F)c(F)c(F)c3c(-c4nnc(CCCCCCCC)s4)c(F)c(F)c(F)c23)s1. The second-order valence-corrected chi connectivity index (χ2v) is 12.5. The highest BCUT2D eigenvalue weighted by Crippen LogP contribution is 2.44. The van der Waals surface area contributed by atoms with E-state index in [0.29, 0.717) is 22.9 Å². The van der Waals surface area contributed by atoms with Crippen molar-refractivity contribution in [3.8, 4) is 21.1 Å². The van der Waals surface area contributed by atoms with Crippen LogP contribution in [-0.2, 0) is 12.8 Å². The highest BCUT2D eigenvalue weighted by molar-refractivity contribution is 7.15. The first kappa shape index (κ1) is 32.3. The van der Waals surface area contributed by atoms with Gasteiger partial charge in [0.05, 0.1) is 11.1 Å². The summed E-state index contributed by atoms with van der Waals surface area (Å²) in [6, 6.07) is 0. The van der Waals surface area contributed by atoms with Gasteiger partial charge in [0, 0.05) is 23.6 Å². The molecule has 4 nitrogen and oxygen atoms in total. The second-order valence-electron chi connectivity index (χ2n) is 10.4. The predicted octanol–water partition coefficient (Wildman–Crippen LogP) is 10.5. The first-order valence-electron chi connectivity index (χ1n) is 14.6. The van der Waals surface area contributed by atoms with Crippen molar-refractivity contribution in [1.82, 2.24) is 20.4 Å². The molecule has 0 fully saturated rings. The molecule has 2 aromatic carbocycles. The van der Waals surface area contributed by atoms with E-state index in [4.69, 9.17) is 0 Å². The lowest BCUT2D eigenvalue weighted by atomic mass is 9.97. The fourth-order valence-electron chi connectivity index (χ4n) is 4.97. The summed E-state index contributed by atoms with van der Waals surface area (Å²) in [5.41, 5.74) is -1.60. The molecular formula is C30H34F6N4S2. The highest BCUT2D eigenvalue weighted by Gasteiger charge is 2.33. The number of fused-ring (bicyclic) bond motifs is 1. The van der Waals surface area contributed by atoms with E-state index in [-0.39, 0.29) is 10.0 Å². The smallest absolute Gasteiger partial charge is 0.195 e. The molecule has 0 spiro atoms. The first-order valence-corrected chi connectivity index (χ1v) is 16.2. The molecule has 0 radical (unpaired) electrons. The van der Waals surface area contributed by atoms with Gasteiger partial charge in [-0.3, -0.25) is 0 Å². The van der Waals surface area contributed by atoms with Crippen molar-refractivity contribution in [3.05, 3.63) is 44.9 Å². The molecule has 0 N–H and O–H groups in total. The second kappa shape index (κ2) is 15.2. The Kier molecular flexibility index (Phi) is 11.7. The fourth-order valence-corrected chi connectivity index (χ4v) is 6.82. The van der Waals surface area contributed by atoms with E-state index in [2.05, 4.69) is 34.2 Å². The van der Waals surface area contributed by atoms with Gasteiger partial charge in [-0.1, -0.05) is 101 Å². The van der Waals surface area contributed by atoms with E-state index in [0.717, 1.165) is 99.7 Å². The molecule has 4 aromatic rings. The molecule has 0 bridgehead atoms. The van der Waals surface area contributed by atoms with Crippen LogP contribution in [0.3, 0.4) is 0 Å². The van der Waals surface area contributed by atoms with Gasteiger partial charge in [-0.25, -0.2) is 26.3 Å². The van der Waals surface area contributed by atoms with Gasteiger partial charge in [-0.05, 0) is 12.8 Å². The van der Waals surface area contributed by atoms with Crippen molar-refractivity contribution < 1.29 is 26.3 Å². The first-order chi connectivity index (χ1) is 20.3. The van der Waals surface area contributed by atoms with Crippen molar-refractivity contribution in [2.24, 2.45) is 0 Å². The molecule has 2 aromatic heterocycles. The van der Waals surface area contributed by atoms with Crippen molar-refractivity contribution in [2.45, 2.75) is 104 Å². The van der Waals surface area contributed by atoms with Crippen LogP contribution >= 0.6 is 22.7 Å². The largest absolute Gasteiger partial charge is 0.203 e. The Labute approximate surface area is 249 Å². The summed E-state index contributed by atoms with van der Waals surface area (Å²) in [5.74, 6) is -11.1. The van der Waals surface area contributed by atoms with Gasteiger partial charge in [0.25, 0.3) is 0 Å². The Balaban J connectivity index is 1.70. The molecule has 0 aliphatic carbocycles. The molecule has 0 saturated heterocycles. The summed E-state index contributed by atoms with van der Waals surface area (Å²) in [4.78, 5) is 0. The number of halogens is 6. The zero-order valence-corrected chi connectivity index (χ0v) is 25.4. The third kappa shape index (κ3) is 7.12. The van der Waals surface area contributed by atoms with Crippen LogP contribution in [0, 0.1) is 34.9 Å². The average Bonchev–Trinajstić information content (AvgIpc) is 3.65. The van der Waals surface area contributed by atoms with Crippen molar-refractivity contribution in [1.29, 1.82) is 0 Å². The lowest BCUT2D eigenvalue weighted by Gasteiger charge is -2.14. The van der Waals surface area contributed by atoms with Gasteiger partial charge in [-0.15, -0.1) is 20.4 Å². The molecule has 2 heterocycles. The lowest BCUT2D eigenvalue weighted by molar-refractivity contribution is 0.444. The Bertz CT molecular complexity index is 1390. The lowest BCUT2D eigenvalue weighted by Crippen LogP contribution is -2.05. The Morgan fingerprint density at radius 1 is 0.429 bits per heavy atom. The maximum Gasteiger partial charge on any atom is 0.195 e. The molecule has 0 aliphatic rings. The van der Waals surface area contributed by atoms with E-state index in [1.54, 1.807) is 0 Å². The minimum absolute atomic E-state index is 0.255. The third-order valence-corrected chi connectivity index (χ3v) is 9.25. The summed E-state index contributed by atoms with van der Waals surface area (Å²) in [6.45, 7) is 4.25. The van der Waals surface area contributed by atoms with Gasteiger partial charge >= 0.3 is 0 Å². The standard InChI is InChI=1S/C30H34F6N4S2/c1-3-5-7-9-11-13-15-17-37-39-29(41-17)21-19-20(24(32)27(35)25(21)33)22(26(34)28(36)23(19)31)30-40-38-18(42-30)16-14-12-10-8-6-4-2/h3-16H2,1-2H3. The molecule has 0 amide bonds. The van der Waals surface area contributed by atoms with E-state index in [1.165, 1.54) is 0 Å². The maximum absolute atomic E-state index is 15.3. The van der Waals surface area contributed by atoms with Crippen molar-refractivity contribution in [3.63, 3.8) is 0 Å². The van der Waals surface area contributed by atoms with E-state index in [1.807, 2.05) is 0 Å². The van der Waals surface area contributed by atoms with Gasteiger partial charge in [0.2, 0.25) is 0 Å². The van der Waals surface area contributed by atoms with Crippen LogP contribution in [0.1, 0.15) is 101 Å². The van der Waals surface area contributed by atoms with E-state index < -0.39 is 56.8 Å². The molecule has 12 heteroatoms. The highest BCUT2D eigenvalue weighted by atomic mass is 32.1. The summed E-state index contributed by atoms with van der Waals surface area (Å²) in [6.07, 6.45) is 13.3. The topological polar surface area (TPSA) is 51.6 Å². The van der Waals surface area contributed by atoms with Crippen LogP contribution in [0.4, 0.5) is 26.3 Å². The molecule has 0 atom stereocenters. The molecule has 0 unspecified atom stereocenters. The maximum atomic E-state index is 15.3. The minimum Gasteiger partial charge on any atom is -0.203 e. The average molecular weight is 629 g/mol. The molecule has 42 heavy (non-hydrogen) atoms. The van der Waals surface area contributed by atoms with Crippen LogP contribution in [-0.4, -0.2) is 20.4 Å². The number of rotatable bonds is 16. The van der Waals surface area contributed by atoms with Crippen LogP contribution in [0.25, 0.3) is 31.9 Å². The molecule has 0 saturated carbocycles. The monoisotopic (exact) mass is 628 g/mol. The predicted molar refractivity (Wildman–Crippen MR) is 156 cm³/mol. The van der Waals surface area contributed by atoms with E-state index >= 15 is 17.6 Å². The van der Waals surface area contributed by atoms with Gasteiger partial charge in [0.1, 0.15) is 10.0 Å². The third-order valence-electron chi connectivity index (χ3n) is 7.25. The fraction of sp³-hybridized carbons (Fsp3) is 0.533. The molecular weight excluding hydrogens is 594 g/mol. The van der Waals surface area contributed by atoms with Crippen LogP contribution < -0.4 is 0 Å². The van der Waals surface area contributed by atoms with Crippen LogP contribution in [0.15, 0.2) is 0 Å². The summed E-state index contributed by atoms with van der Waals surface area (Å²) in [7, 11) is 0. The van der Waals surface area contributed by atoms with Gasteiger partial charge in [-0.2, -0.15) is 0 Å². The Morgan fingerprint density at radius 3 is 1.17 bits per heavy atom. The summed E-state index contributed by atoms with van der Waals surface area (Å²) in [5, 5.41) is 14.4. The quantitative estimate of drug-likeness (QED) is 0.0704. The Morgan fingerprint density at radius 2 is 0.786 bits per heavy atom. The van der Waals surface area contributed by atoms with Crippen LogP contribution in [0.5, 0.6) is 0 Å². The van der Waals surface area contributed by atoms with Crippen molar-refractivity contribution in [2.75, 3.05) is 0 Å². The van der Waals surface area contributed by atoms with Gasteiger partial charge in [0.15, 0.2) is 44.9 Å². The van der Waals surface area contributed by atoms with Gasteiger partial charge < -0.3 is 0 Å². The Hall–Kier alpha value is -2.60. The number of nitrogens with zero attached hydrogens (tertiary/aromatic N) is 4. The molecule has 0 aliphatic heterocycles. The zero-order chi connectivity index (χ0) is 30.2. The van der Waals surface area contributed by atoms with Crippen LogP contribution in [0.2, 0.25) is 0 Å². The number of hydrogen-bond donors (Lipinski definition) is 0. The number of unbranched alkanes of at least 4 members (excludes halogenated alkanes) is 10. The molecule has 4 rings (SSSR count). The van der Waals surface area contributed by atoms with E-state index in [9.17, 15) is 8.78 Å². The van der Waals surface area contributed by atoms with Crippen molar-refractivity contribution >= 4 is 33.4 Å². The summed E-state index contributed by atoms with van der Waals surface area (Å²) < 4.78 is 91.0.